The molecule has 0 amide bonds. The predicted octanol–water partition coefficient (Wildman–Crippen LogP) is 0.961. The third-order valence-electron chi connectivity index (χ3n) is 2.94. The molecule has 6 heteroatoms. The summed E-state index contributed by atoms with van der Waals surface area (Å²) in [6, 6.07) is 10.00. The van der Waals surface area contributed by atoms with Crippen molar-refractivity contribution in [2.45, 2.75) is 12.6 Å². The molecule has 1 aromatic heterocycles. The van der Waals surface area contributed by atoms with E-state index >= 15 is 0 Å². The third kappa shape index (κ3) is 3.16. The van der Waals surface area contributed by atoms with Gasteiger partial charge in [0.25, 0.3) is 5.56 Å². The van der Waals surface area contributed by atoms with Crippen molar-refractivity contribution >= 4 is 0 Å². The van der Waals surface area contributed by atoms with Crippen LogP contribution >= 0.6 is 0 Å². The minimum Gasteiger partial charge on any atom is -0.497 e. The van der Waals surface area contributed by atoms with E-state index in [4.69, 9.17) is 15.2 Å². The van der Waals surface area contributed by atoms with Crippen molar-refractivity contribution in [1.29, 1.82) is 0 Å². The average molecular weight is 275 g/mol. The Labute approximate surface area is 116 Å². The molecule has 0 radical (unpaired) electrons. The van der Waals surface area contributed by atoms with Crippen LogP contribution in [0.2, 0.25) is 0 Å². The fourth-order valence-corrected chi connectivity index (χ4v) is 1.83. The Bertz CT molecular complexity index is 640. The summed E-state index contributed by atoms with van der Waals surface area (Å²) in [5.41, 5.74) is 6.77. The van der Waals surface area contributed by atoms with Gasteiger partial charge in [0, 0.05) is 18.2 Å². The predicted molar refractivity (Wildman–Crippen MR) is 75.0 cm³/mol. The summed E-state index contributed by atoms with van der Waals surface area (Å²) in [7, 11) is 3.10. The fourth-order valence-electron chi connectivity index (χ4n) is 1.83. The van der Waals surface area contributed by atoms with Crippen LogP contribution in [0, 0.1) is 0 Å². The molecule has 0 aliphatic carbocycles. The first-order valence-corrected chi connectivity index (χ1v) is 6.15. The van der Waals surface area contributed by atoms with E-state index < -0.39 is 0 Å². The molecular weight excluding hydrogens is 258 g/mol. The lowest BCUT2D eigenvalue weighted by molar-refractivity contribution is 0.369. The summed E-state index contributed by atoms with van der Waals surface area (Å²) in [6.45, 7) is 0.267. The van der Waals surface area contributed by atoms with E-state index in [1.54, 1.807) is 7.11 Å². The van der Waals surface area contributed by atoms with Crippen LogP contribution in [0.5, 0.6) is 11.6 Å². The van der Waals surface area contributed by atoms with E-state index in [1.807, 2.05) is 24.3 Å². The lowest BCUT2D eigenvalue weighted by Crippen LogP contribution is -2.28. The van der Waals surface area contributed by atoms with Crippen molar-refractivity contribution in [2.24, 2.45) is 5.73 Å². The number of rotatable bonds is 5. The molecule has 2 rings (SSSR count). The van der Waals surface area contributed by atoms with Gasteiger partial charge in [0.1, 0.15) is 5.75 Å². The topological polar surface area (TPSA) is 79.4 Å². The first-order valence-electron chi connectivity index (χ1n) is 6.15. The molecule has 0 spiro atoms. The molecule has 0 aliphatic rings. The van der Waals surface area contributed by atoms with E-state index in [2.05, 4.69) is 5.10 Å². The molecule has 0 aliphatic heterocycles. The molecule has 2 aromatic rings. The number of ether oxygens (including phenoxy) is 2. The second-order valence-corrected chi connectivity index (χ2v) is 4.28. The van der Waals surface area contributed by atoms with Crippen LogP contribution in [0.3, 0.4) is 0 Å². The highest BCUT2D eigenvalue weighted by Gasteiger charge is 2.10. The highest BCUT2D eigenvalue weighted by Crippen LogP contribution is 2.18. The zero-order valence-corrected chi connectivity index (χ0v) is 11.4. The van der Waals surface area contributed by atoms with E-state index in [1.165, 1.54) is 23.9 Å². The normalized spacial score (nSPS) is 11.9. The zero-order chi connectivity index (χ0) is 14.5. The van der Waals surface area contributed by atoms with Gasteiger partial charge >= 0.3 is 0 Å². The summed E-state index contributed by atoms with van der Waals surface area (Å²) < 4.78 is 11.5. The number of hydrogen-bond acceptors (Lipinski definition) is 5. The molecule has 0 saturated heterocycles. The first-order chi connectivity index (χ1) is 9.63. The van der Waals surface area contributed by atoms with Crippen LogP contribution in [0.1, 0.15) is 11.6 Å². The Balaban J connectivity index is 2.22. The Morgan fingerprint density at radius 1 is 1.25 bits per heavy atom. The van der Waals surface area contributed by atoms with Crippen LogP contribution < -0.4 is 20.8 Å². The molecule has 0 fully saturated rings. The maximum atomic E-state index is 11.7. The van der Waals surface area contributed by atoms with Crippen LogP contribution in [-0.4, -0.2) is 24.0 Å². The highest BCUT2D eigenvalue weighted by atomic mass is 16.5. The van der Waals surface area contributed by atoms with Crippen molar-refractivity contribution in [3.8, 4) is 11.6 Å². The zero-order valence-electron chi connectivity index (χ0n) is 11.4. The smallest absolute Gasteiger partial charge is 0.267 e. The van der Waals surface area contributed by atoms with Gasteiger partial charge in [0.05, 0.1) is 20.8 Å². The van der Waals surface area contributed by atoms with Crippen LogP contribution in [0.25, 0.3) is 0 Å². The molecule has 0 bridgehead atoms. The number of nitrogens with zero attached hydrogens (tertiary/aromatic N) is 2. The van der Waals surface area contributed by atoms with Gasteiger partial charge in [-0.3, -0.25) is 4.79 Å². The lowest BCUT2D eigenvalue weighted by atomic mass is 10.1. The Kier molecular flexibility index (Phi) is 4.37. The number of methoxy groups -OCH3 is 2. The number of aromatic nitrogens is 2. The highest BCUT2D eigenvalue weighted by molar-refractivity contribution is 5.30. The molecule has 6 nitrogen and oxygen atoms in total. The molecule has 0 saturated carbocycles. The molecule has 1 aromatic carbocycles. The first kappa shape index (κ1) is 14.1. The van der Waals surface area contributed by atoms with Crippen molar-refractivity contribution in [1.82, 2.24) is 9.78 Å². The second kappa shape index (κ2) is 6.21. The van der Waals surface area contributed by atoms with Crippen molar-refractivity contribution in [3.63, 3.8) is 0 Å². The quantitative estimate of drug-likeness (QED) is 0.879. The van der Waals surface area contributed by atoms with Crippen molar-refractivity contribution in [2.75, 3.05) is 14.2 Å². The molecule has 1 heterocycles. The minimum absolute atomic E-state index is 0.218. The summed E-state index contributed by atoms with van der Waals surface area (Å²) >= 11 is 0. The minimum atomic E-state index is -0.359. The molecule has 1 atom stereocenters. The maximum absolute atomic E-state index is 11.7. The van der Waals surface area contributed by atoms with E-state index in [-0.39, 0.29) is 18.1 Å². The monoisotopic (exact) mass is 275 g/mol. The van der Waals surface area contributed by atoms with Crippen molar-refractivity contribution in [3.05, 3.63) is 52.3 Å². The number of benzene rings is 1. The SMILES string of the molecule is COc1cccc(C(N)Cn2nc(OC)ccc2=O)c1. The molecule has 1 unspecified atom stereocenters. The summed E-state index contributed by atoms with van der Waals surface area (Å²) in [5.74, 6) is 1.10. The standard InChI is InChI=1S/C14H17N3O3/c1-19-11-5-3-4-10(8-11)12(15)9-17-14(18)7-6-13(16-17)20-2/h3-8,12H,9,15H2,1-2H3. The van der Waals surface area contributed by atoms with Gasteiger partial charge in [-0.25, -0.2) is 4.68 Å². The van der Waals surface area contributed by atoms with Crippen LogP contribution in [0.4, 0.5) is 0 Å². The second-order valence-electron chi connectivity index (χ2n) is 4.28. The Hall–Kier alpha value is -2.34. The molecule has 20 heavy (non-hydrogen) atoms. The lowest BCUT2D eigenvalue weighted by Gasteiger charge is -2.14. The van der Waals surface area contributed by atoms with Crippen LogP contribution in [-0.2, 0) is 6.54 Å². The van der Waals surface area contributed by atoms with Gasteiger partial charge in [-0.15, -0.1) is 5.10 Å². The fraction of sp³-hybridized carbons (Fsp3) is 0.286. The van der Waals surface area contributed by atoms with Gasteiger partial charge in [0.15, 0.2) is 0 Å². The summed E-state index contributed by atoms with van der Waals surface area (Å²) in [4.78, 5) is 11.7. The maximum Gasteiger partial charge on any atom is 0.267 e. The largest absolute Gasteiger partial charge is 0.497 e. The van der Waals surface area contributed by atoms with Gasteiger partial charge in [-0.05, 0) is 17.7 Å². The third-order valence-corrected chi connectivity index (χ3v) is 2.94. The van der Waals surface area contributed by atoms with E-state index in [0.29, 0.717) is 5.88 Å². The summed E-state index contributed by atoms with van der Waals surface area (Å²) in [6.07, 6.45) is 0. The van der Waals surface area contributed by atoms with Crippen molar-refractivity contribution < 1.29 is 9.47 Å². The average Bonchev–Trinajstić information content (AvgIpc) is 2.49. The van der Waals surface area contributed by atoms with Gasteiger partial charge in [0.2, 0.25) is 5.88 Å². The van der Waals surface area contributed by atoms with E-state index in [9.17, 15) is 4.79 Å². The number of hydrogen-bond donors (Lipinski definition) is 1. The summed E-state index contributed by atoms with van der Waals surface area (Å²) in [5, 5.41) is 4.07. The number of nitrogens with two attached hydrogens (primary N) is 1. The van der Waals surface area contributed by atoms with E-state index in [0.717, 1.165) is 11.3 Å². The van der Waals surface area contributed by atoms with Crippen LogP contribution in [0.15, 0.2) is 41.2 Å². The molecule has 106 valence electrons. The molecule has 2 N–H and O–H groups in total. The van der Waals surface area contributed by atoms with Gasteiger partial charge in [-0.2, -0.15) is 0 Å². The van der Waals surface area contributed by atoms with Gasteiger partial charge < -0.3 is 15.2 Å². The Morgan fingerprint density at radius 2 is 2.05 bits per heavy atom. The van der Waals surface area contributed by atoms with Gasteiger partial charge in [-0.1, -0.05) is 12.1 Å². The Morgan fingerprint density at radius 3 is 2.75 bits per heavy atom. The molecular formula is C14H17N3O3.